The molecule has 5 heteroatoms. The maximum absolute atomic E-state index is 12.2. The van der Waals surface area contributed by atoms with Gasteiger partial charge < -0.3 is 9.52 Å². The average molecular weight is 202 g/mol. The van der Waals surface area contributed by atoms with Crippen molar-refractivity contribution in [1.82, 2.24) is 0 Å². The number of phenolic OH excluding ortho intramolecular Hbond substituents is 1. The van der Waals surface area contributed by atoms with Gasteiger partial charge in [0, 0.05) is 5.39 Å². The molecule has 0 unspecified atom stereocenters. The van der Waals surface area contributed by atoms with E-state index in [9.17, 15) is 13.2 Å². The predicted molar refractivity (Wildman–Crippen MR) is 42.9 cm³/mol. The Morgan fingerprint density at radius 1 is 1.14 bits per heavy atom. The predicted octanol–water partition coefficient (Wildman–Crippen LogP) is 3.16. The second kappa shape index (κ2) is 2.67. The van der Waals surface area contributed by atoms with Gasteiger partial charge in [0.15, 0.2) is 0 Å². The van der Waals surface area contributed by atoms with Gasteiger partial charge in [0.05, 0.1) is 0 Å². The molecule has 1 aromatic carbocycles. The summed E-state index contributed by atoms with van der Waals surface area (Å²) < 4.78 is 41.1. The fourth-order valence-electron chi connectivity index (χ4n) is 1.17. The van der Waals surface area contributed by atoms with Crippen molar-refractivity contribution in [3.8, 4) is 5.75 Å². The van der Waals surface area contributed by atoms with Crippen molar-refractivity contribution in [2.75, 3.05) is 0 Å². The van der Waals surface area contributed by atoms with Crippen LogP contribution in [0.5, 0.6) is 5.75 Å². The molecule has 0 spiro atoms. The highest BCUT2D eigenvalue weighted by molar-refractivity contribution is 5.79. The molecule has 0 aliphatic heterocycles. The molecule has 0 atom stereocenters. The standard InChI is InChI=1S/C9H5F3O2/c10-9(11,12)8-4-5-3-6(13)1-2-7(5)14-8/h1-4,13H. The molecular formula is C9H5F3O2. The van der Waals surface area contributed by atoms with Gasteiger partial charge in [-0.25, -0.2) is 0 Å². The van der Waals surface area contributed by atoms with E-state index in [1.54, 1.807) is 0 Å². The Labute approximate surface area is 76.6 Å². The SMILES string of the molecule is Oc1ccc2oc(C(F)(F)F)cc2c1. The Hall–Kier alpha value is -1.65. The number of fused-ring (bicyclic) bond motifs is 1. The molecule has 14 heavy (non-hydrogen) atoms. The van der Waals surface area contributed by atoms with E-state index in [4.69, 9.17) is 5.11 Å². The third-order valence-electron chi connectivity index (χ3n) is 1.78. The zero-order valence-corrected chi connectivity index (χ0v) is 6.80. The third-order valence-corrected chi connectivity index (χ3v) is 1.78. The van der Waals surface area contributed by atoms with Gasteiger partial charge in [-0.3, -0.25) is 0 Å². The first-order valence-electron chi connectivity index (χ1n) is 3.76. The van der Waals surface area contributed by atoms with Gasteiger partial charge in [0.1, 0.15) is 11.3 Å². The van der Waals surface area contributed by atoms with E-state index in [0.717, 1.165) is 6.07 Å². The molecule has 1 aromatic heterocycles. The van der Waals surface area contributed by atoms with Crippen LogP contribution in [0.25, 0.3) is 11.0 Å². The number of aromatic hydroxyl groups is 1. The summed E-state index contributed by atoms with van der Waals surface area (Å²) in [4.78, 5) is 0. The first-order valence-corrected chi connectivity index (χ1v) is 3.76. The zero-order chi connectivity index (χ0) is 10.3. The molecule has 1 heterocycles. The number of furan rings is 1. The van der Waals surface area contributed by atoms with Crippen molar-refractivity contribution in [3.63, 3.8) is 0 Å². The number of hydrogen-bond acceptors (Lipinski definition) is 2. The van der Waals surface area contributed by atoms with E-state index in [-0.39, 0.29) is 16.7 Å². The lowest BCUT2D eigenvalue weighted by molar-refractivity contribution is -0.152. The fourth-order valence-corrected chi connectivity index (χ4v) is 1.17. The van der Waals surface area contributed by atoms with Gasteiger partial charge in [0.2, 0.25) is 5.76 Å². The first kappa shape index (κ1) is 8.93. The number of benzene rings is 1. The topological polar surface area (TPSA) is 33.4 Å². The van der Waals surface area contributed by atoms with Crippen LogP contribution in [0.2, 0.25) is 0 Å². The van der Waals surface area contributed by atoms with Crippen molar-refractivity contribution < 1.29 is 22.7 Å². The van der Waals surface area contributed by atoms with Gasteiger partial charge in [-0.2, -0.15) is 13.2 Å². The average Bonchev–Trinajstić information content (AvgIpc) is 2.45. The summed E-state index contributed by atoms with van der Waals surface area (Å²) in [7, 11) is 0. The van der Waals surface area contributed by atoms with Crippen LogP contribution >= 0.6 is 0 Å². The molecule has 74 valence electrons. The van der Waals surface area contributed by atoms with Crippen LogP contribution in [-0.4, -0.2) is 5.11 Å². The summed E-state index contributed by atoms with van der Waals surface area (Å²) >= 11 is 0. The van der Waals surface area contributed by atoms with Gasteiger partial charge in [-0.05, 0) is 24.3 Å². The van der Waals surface area contributed by atoms with Crippen molar-refractivity contribution in [2.24, 2.45) is 0 Å². The van der Waals surface area contributed by atoms with Crippen LogP contribution < -0.4 is 0 Å². The molecule has 0 aliphatic rings. The molecular weight excluding hydrogens is 197 g/mol. The van der Waals surface area contributed by atoms with Gasteiger partial charge in [0.25, 0.3) is 0 Å². The van der Waals surface area contributed by atoms with Crippen LogP contribution in [0.4, 0.5) is 13.2 Å². The van der Waals surface area contributed by atoms with E-state index in [1.165, 1.54) is 18.2 Å². The van der Waals surface area contributed by atoms with Crippen LogP contribution in [0.15, 0.2) is 28.7 Å². The van der Waals surface area contributed by atoms with Gasteiger partial charge >= 0.3 is 6.18 Å². The quantitative estimate of drug-likeness (QED) is 0.711. The molecule has 0 bridgehead atoms. The van der Waals surface area contributed by atoms with Gasteiger partial charge in [-0.15, -0.1) is 0 Å². The smallest absolute Gasteiger partial charge is 0.449 e. The van der Waals surface area contributed by atoms with E-state index in [2.05, 4.69) is 4.42 Å². The summed E-state index contributed by atoms with van der Waals surface area (Å²) in [6.45, 7) is 0. The molecule has 0 aliphatic carbocycles. The lowest BCUT2D eigenvalue weighted by atomic mass is 10.2. The minimum Gasteiger partial charge on any atom is -0.508 e. The molecule has 2 rings (SSSR count). The highest BCUT2D eigenvalue weighted by atomic mass is 19.4. The number of rotatable bonds is 0. The zero-order valence-electron chi connectivity index (χ0n) is 6.80. The first-order chi connectivity index (χ1) is 6.47. The maximum atomic E-state index is 12.2. The van der Waals surface area contributed by atoms with Gasteiger partial charge in [-0.1, -0.05) is 0 Å². The number of halogens is 3. The van der Waals surface area contributed by atoms with Crippen LogP contribution in [0, 0.1) is 0 Å². The Morgan fingerprint density at radius 2 is 1.86 bits per heavy atom. The lowest BCUT2D eigenvalue weighted by Gasteiger charge is -1.98. The molecule has 0 saturated carbocycles. The molecule has 0 amide bonds. The van der Waals surface area contributed by atoms with Crippen molar-refractivity contribution in [3.05, 3.63) is 30.0 Å². The molecule has 1 N–H and O–H groups in total. The summed E-state index contributed by atoms with van der Waals surface area (Å²) in [5, 5.41) is 9.25. The van der Waals surface area contributed by atoms with E-state index >= 15 is 0 Å². The minimum absolute atomic E-state index is 0.0907. The molecule has 2 nitrogen and oxygen atoms in total. The fraction of sp³-hybridized carbons (Fsp3) is 0.111. The summed E-state index contributed by atoms with van der Waals surface area (Å²) in [6, 6.07) is 4.63. The summed E-state index contributed by atoms with van der Waals surface area (Å²) in [5.74, 6) is -1.15. The molecule has 0 saturated heterocycles. The van der Waals surface area contributed by atoms with Crippen LogP contribution in [0.1, 0.15) is 5.76 Å². The Kier molecular flexibility index (Phi) is 1.70. The summed E-state index contributed by atoms with van der Waals surface area (Å²) in [6.07, 6.45) is -4.49. The second-order valence-corrected chi connectivity index (χ2v) is 2.83. The van der Waals surface area contributed by atoms with Crippen molar-refractivity contribution >= 4 is 11.0 Å². The number of alkyl halides is 3. The molecule has 2 aromatic rings. The minimum atomic E-state index is -4.49. The highest BCUT2D eigenvalue weighted by Crippen LogP contribution is 2.34. The second-order valence-electron chi connectivity index (χ2n) is 2.83. The number of hydrogen-bond donors (Lipinski definition) is 1. The largest absolute Gasteiger partial charge is 0.508 e. The number of phenols is 1. The molecule has 0 fully saturated rings. The Balaban J connectivity index is 2.63. The lowest BCUT2D eigenvalue weighted by Crippen LogP contribution is -2.01. The monoisotopic (exact) mass is 202 g/mol. The van der Waals surface area contributed by atoms with Crippen molar-refractivity contribution in [1.29, 1.82) is 0 Å². The Morgan fingerprint density at radius 3 is 2.50 bits per heavy atom. The highest BCUT2D eigenvalue weighted by Gasteiger charge is 2.35. The van der Waals surface area contributed by atoms with E-state index in [0.29, 0.717) is 0 Å². The summed E-state index contributed by atoms with van der Waals surface area (Å²) in [5.41, 5.74) is 0.107. The van der Waals surface area contributed by atoms with Crippen molar-refractivity contribution in [2.45, 2.75) is 6.18 Å². The maximum Gasteiger partial charge on any atom is 0.449 e. The third kappa shape index (κ3) is 1.41. The normalized spacial score (nSPS) is 12.2. The van der Waals surface area contributed by atoms with E-state index < -0.39 is 11.9 Å². The van der Waals surface area contributed by atoms with Crippen LogP contribution in [-0.2, 0) is 6.18 Å². The van der Waals surface area contributed by atoms with E-state index in [1.807, 2.05) is 0 Å². The molecule has 0 radical (unpaired) electrons. The van der Waals surface area contributed by atoms with Crippen LogP contribution in [0.3, 0.4) is 0 Å². The Bertz CT molecular complexity index is 470.